The van der Waals surface area contributed by atoms with E-state index in [2.05, 4.69) is 179 Å². The van der Waals surface area contributed by atoms with Gasteiger partial charge in [0.2, 0.25) is 0 Å². The van der Waals surface area contributed by atoms with Crippen LogP contribution in [-0.2, 0) is 12.8 Å². The molecule has 0 N–H and O–H groups in total. The molecule has 48 heavy (non-hydrogen) atoms. The highest BCUT2D eigenvalue weighted by molar-refractivity contribution is 6.11. The highest BCUT2D eigenvalue weighted by atomic mass is 15.1. The molecule has 1 aliphatic carbocycles. The molecule has 8 aromatic rings. The van der Waals surface area contributed by atoms with Crippen LogP contribution in [-0.4, -0.2) is 4.57 Å². The monoisotopic (exact) mass is 616 g/mol. The molecule has 1 aliphatic rings. The number of hydrogen-bond donors (Lipinski definition) is 0. The van der Waals surface area contributed by atoms with Crippen molar-refractivity contribution in [2.24, 2.45) is 0 Å². The summed E-state index contributed by atoms with van der Waals surface area (Å²) >= 11 is 0. The van der Waals surface area contributed by atoms with Gasteiger partial charge in [-0.3, -0.25) is 0 Å². The third kappa shape index (κ3) is 5.07. The van der Waals surface area contributed by atoms with Gasteiger partial charge < -0.3 is 9.47 Å². The fourth-order valence-corrected chi connectivity index (χ4v) is 7.55. The van der Waals surface area contributed by atoms with Gasteiger partial charge in [0.25, 0.3) is 0 Å². The Morgan fingerprint density at radius 2 is 0.833 bits per heavy atom. The summed E-state index contributed by atoms with van der Waals surface area (Å²) < 4.78 is 2.46. The zero-order valence-electron chi connectivity index (χ0n) is 26.9. The first-order chi connectivity index (χ1) is 23.8. The van der Waals surface area contributed by atoms with E-state index in [0.29, 0.717) is 0 Å². The number of para-hydroxylation sites is 1. The maximum atomic E-state index is 2.49. The van der Waals surface area contributed by atoms with Gasteiger partial charge >= 0.3 is 0 Å². The molecule has 0 spiro atoms. The minimum Gasteiger partial charge on any atom is -0.310 e. The van der Waals surface area contributed by atoms with Crippen LogP contribution in [0.5, 0.6) is 0 Å². The molecule has 1 aromatic heterocycles. The van der Waals surface area contributed by atoms with Crippen LogP contribution in [0.15, 0.2) is 170 Å². The summed E-state index contributed by atoms with van der Waals surface area (Å²) in [6.07, 6.45) is 4.87. The van der Waals surface area contributed by atoms with E-state index in [9.17, 15) is 0 Å². The fraction of sp³-hybridized carbons (Fsp3) is 0.0870. The molecule has 0 unspecified atom stereocenters. The molecule has 9 rings (SSSR count). The van der Waals surface area contributed by atoms with E-state index in [4.69, 9.17) is 0 Å². The lowest BCUT2D eigenvalue weighted by Gasteiger charge is -2.26. The van der Waals surface area contributed by atoms with Crippen molar-refractivity contribution in [3.05, 3.63) is 181 Å². The number of aromatic nitrogens is 1. The minimum atomic E-state index is 1.13. The van der Waals surface area contributed by atoms with Crippen LogP contribution in [0.3, 0.4) is 0 Å². The molecule has 2 heteroatoms. The maximum absolute atomic E-state index is 2.49. The summed E-state index contributed by atoms with van der Waals surface area (Å²) in [7, 11) is 0. The Bertz CT molecular complexity index is 2270. The molecule has 0 aliphatic heterocycles. The van der Waals surface area contributed by atoms with Gasteiger partial charge in [-0.2, -0.15) is 0 Å². The Morgan fingerprint density at radius 1 is 0.375 bits per heavy atom. The first-order valence-corrected chi connectivity index (χ1v) is 17.1. The number of rotatable bonds is 6. The van der Waals surface area contributed by atoms with E-state index in [1.807, 2.05) is 0 Å². The number of hydrogen-bond acceptors (Lipinski definition) is 1. The molecule has 2 nitrogen and oxygen atoms in total. The van der Waals surface area contributed by atoms with Crippen molar-refractivity contribution in [3.8, 4) is 27.9 Å². The molecule has 0 saturated heterocycles. The summed E-state index contributed by atoms with van der Waals surface area (Å²) in [6.45, 7) is 0. The molecule has 0 bridgehead atoms. The van der Waals surface area contributed by atoms with Crippen molar-refractivity contribution in [3.63, 3.8) is 0 Å². The fourth-order valence-electron chi connectivity index (χ4n) is 7.55. The number of nitrogens with zero attached hydrogens (tertiary/aromatic N) is 2. The summed E-state index contributed by atoms with van der Waals surface area (Å²) in [6, 6.07) is 62.0. The number of benzene rings is 7. The second-order valence-corrected chi connectivity index (χ2v) is 12.9. The first kappa shape index (κ1) is 28.4. The van der Waals surface area contributed by atoms with Crippen molar-refractivity contribution >= 4 is 38.9 Å². The first-order valence-electron chi connectivity index (χ1n) is 17.1. The Labute approximate surface area is 282 Å². The Balaban J connectivity index is 1.23. The number of fused-ring (bicyclic) bond motifs is 4. The lowest BCUT2D eigenvalue weighted by molar-refractivity contribution is 0.687. The van der Waals surface area contributed by atoms with Crippen LogP contribution in [0, 0.1) is 0 Å². The minimum absolute atomic E-state index is 1.13. The van der Waals surface area contributed by atoms with E-state index in [-0.39, 0.29) is 0 Å². The highest BCUT2D eigenvalue weighted by Gasteiger charge is 2.20. The number of anilines is 3. The van der Waals surface area contributed by atoms with E-state index < -0.39 is 0 Å². The van der Waals surface area contributed by atoms with Crippen LogP contribution < -0.4 is 4.90 Å². The SMILES string of the molecule is c1ccc(-c2ccc(N(c3ccc(-c4ccccc4)cc3)c3ccc4c(c3)c3cc5c(cc3n4-c3ccccc3)CCCC5)cc2)cc1. The lowest BCUT2D eigenvalue weighted by Crippen LogP contribution is -2.10. The largest absolute Gasteiger partial charge is 0.310 e. The quantitative estimate of drug-likeness (QED) is 0.180. The molecule has 1 heterocycles. The van der Waals surface area contributed by atoms with Crippen molar-refractivity contribution < 1.29 is 0 Å². The maximum Gasteiger partial charge on any atom is 0.0544 e. The zero-order chi connectivity index (χ0) is 31.9. The highest BCUT2D eigenvalue weighted by Crippen LogP contribution is 2.42. The predicted molar refractivity (Wildman–Crippen MR) is 203 cm³/mol. The molecular weight excluding hydrogens is 581 g/mol. The van der Waals surface area contributed by atoms with Gasteiger partial charge in [-0.1, -0.05) is 103 Å². The standard InChI is InChI=1S/C46H36N2/c1-4-12-33(13-5-1)35-20-24-40(25-21-35)47(41-26-22-36(23-27-41)34-14-6-2-7-15-34)42-28-29-45-44(32-42)43-30-37-16-10-11-17-38(37)31-46(43)48(45)39-18-8-3-9-19-39/h1-9,12-15,18-32H,10-11,16-17H2. The Kier molecular flexibility index (Phi) is 7.13. The Morgan fingerprint density at radius 3 is 1.40 bits per heavy atom. The molecular formula is C46H36N2. The van der Waals surface area contributed by atoms with E-state index in [1.165, 1.54) is 80.1 Å². The molecule has 0 radical (unpaired) electrons. The molecule has 0 atom stereocenters. The smallest absolute Gasteiger partial charge is 0.0544 e. The van der Waals surface area contributed by atoms with Gasteiger partial charge in [-0.05, 0) is 126 Å². The van der Waals surface area contributed by atoms with Crippen LogP contribution >= 0.6 is 0 Å². The summed E-state index contributed by atoms with van der Waals surface area (Å²) in [4.78, 5) is 2.40. The average molecular weight is 617 g/mol. The zero-order valence-corrected chi connectivity index (χ0v) is 26.9. The molecule has 7 aromatic carbocycles. The van der Waals surface area contributed by atoms with Crippen LogP contribution in [0.25, 0.3) is 49.7 Å². The van der Waals surface area contributed by atoms with Gasteiger partial charge in [0, 0.05) is 33.5 Å². The van der Waals surface area contributed by atoms with E-state index in [0.717, 1.165) is 23.5 Å². The van der Waals surface area contributed by atoms with Crippen LogP contribution in [0.1, 0.15) is 24.0 Å². The third-order valence-electron chi connectivity index (χ3n) is 9.95. The second kappa shape index (κ2) is 12.1. The molecule has 0 amide bonds. The second-order valence-electron chi connectivity index (χ2n) is 12.9. The summed E-state index contributed by atoms with van der Waals surface area (Å²) in [5, 5.41) is 2.61. The predicted octanol–water partition coefficient (Wildman–Crippen LogP) is 12.5. The molecule has 0 saturated carbocycles. The van der Waals surface area contributed by atoms with Gasteiger partial charge in [-0.15, -0.1) is 0 Å². The molecule has 0 fully saturated rings. The summed E-state index contributed by atoms with van der Waals surface area (Å²) in [5.41, 5.74) is 15.0. The topological polar surface area (TPSA) is 8.17 Å². The van der Waals surface area contributed by atoms with E-state index >= 15 is 0 Å². The van der Waals surface area contributed by atoms with E-state index in [1.54, 1.807) is 0 Å². The van der Waals surface area contributed by atoms with Crippen molar-refractivity contribution in [2.45, 2.75) is 25.7 Å². The average Bonchev–Trinajstić information content (AvgIpc) is 3.48. The molecule has 230 valence electrons. The van der Waals surface area contributed by atoms with Crippen molar-refractivity contribution in [2.75, 3.05) is 4.90 Å². The van der Waals surface area contributed by atoms with Crippen molar-refractivity contribution in [1.29, 1.82) is 0 Å². The van der Waals surface area contributed by atoms with Gasteiger partial charge in [-0.25, -0.2) is 0 Å². The van der Waals surface area contributed by atoms with Crippen LogP contribution in [0.2, 0.25) is 0 Å². The van der Waals surface area contributed by atoms with Crippen LogP contribution in [0.4, 0.5) is 17.1 Å². The third-order valence-corrected chi connectivity index (χ3v) is 9.95. The normalized spacial score (nSPS) is 12.7. The Hall–Kier alpha value is -5.86. The van der Waals surface area contributed by atoms with Crippen molar-refractivity contribution in [1.82, 2.24) is 4.57 Å². The van der Waals surface area contributed by atoms with Gasteiger partial charge in [0.05, 0.1) is 11.0 Å². The lowest BCUT2D eigenvalue weighted by atomic mass is 9.90. The van der Waals surface area contributed by atoms with Gasteiger partial charge in [0.15, 0.2) is 0 Å². The summed E-state index contributed by atoms with van der Waals surface area (Å²) in [5.74, 6) is 0. The number of aryl methyl sites for hydroxylation is 2. The van der Waals surface area contributed by atoms with Gasteiger partial charge in [0.1, 0.15) is 0 Å².